The van der Waals surface area contributed by atoms with Crippen LogP contribution in [0.2, 0.25) is 0 Å². The van der Waals surface area contributed by atoms with Crippen LogP contribution in [-0.2, 0) is 11.2 Å². The molecule has 1 fully saturated rings. The van der Waals surface area contributed by atoms with Gasteiger partial charge in [0, 0.05) is 0 Å². The largest absolute Gasteiger partial charge is 0.481 e. The summed E-state index contributed by atoms with van der Waals surface area (Å²) in [6, 6.07) is 8.62. The molecule has 2 rings (SSSR count). The summed E-state index contributed by atoms with van der Waals surface area (Å²) in [5.74, 6) is -0.359. The quantitative estimate of drug-likeness (QED) is 0.869. The molecular formula is C18H26O2. The summed E-state index contributed by atoms with van der Waals surface area (Å²) in [7, 11) is 0. The van der Waals surface area contributed by atoms with Crippen molar-refractivity contribution in [2.75, 3.05) is 0 Å². The average Bonchev–Trinajstić information content (AvgIpc) is 2.38. The van der Waals surface area contributed by atoms with Crippen LogP contribution in [0.4, 0.5) is 0 Å². The first-order chi connectivity index (χ1) is 9.37. The second kappa shape index (κ2) is 5.99. The molecule has 1 aromatic carbocycles. The highest BCUT2D eigenvalue weighted by Crippen LogP contribution is 2.43. The first-order valence-corrected chi connectivity index (χ1v) is 7.69. The van der Waals surface area contributed by atoms with Crippen LogP contribution in [-0.4, -0.2) is 11.1 Å². The number of benzene rings is 1. The lowest BCUT2D eigenvalue weighted by molar-refractivity contribution is -0.141. The maximum Gasteiger partial charge on any atom is 0.306 e. The van der Waals surface area contributed by atoms with E-state index in [1.165, 1.54) is 31.2 Å². The van der Waals surface area contributed by atoms with Gasteiger partial charge < -0.3 is 5.11 Å². The molecule has 1 aromatic rings. The number of aliphatic carboxylic acids is 1. The molecule has 2 heteroatoms. The van der Waals surface area contributed by atoms with Crippen LogP contribution in [0, 0.1) is 11.3 Å². The third-order valence-corrected chi connectivity index (χ3v) is 4.62. The summed E-state index contributed by atoms with van der Waals surface area (Å²) in [6.45, 7) is 6.49. The zero-order valence-electron chi connectivity index (χ0n) is 12.9. The highest BCUT2D eigenvalue weighted by molar-refractivity contribution is 5.69. The van der Waals surface area contributed by atoms with Crippen molar-refractivity contribution in [2.45, 2.75) is 58.8 Å². The van der Waals surface area contributed by atoms with Crippen molar-refractivity contribution in [3.63, 3.8) is 0 Å². The Morgan fingerprint density at radius 1 is 1.35 bits per heavy atom. The summed E-state index contributed by atoms with van der Waals surface area (Å²) in [5, 5.41) is 8.96. The molecular weight excluding hydrogens is 248 g/mol. The van der Waals surface area contributed by atoms with Gasteiger partial charge in [-0.3, -0.25) is 4.79 Å². The Kier molecular flexibility index (Phi) is 4.52. The Morgan fingerprint density at radius 2 is 2.00 bits per heavy atom. The van der Waals surface area contributed by atoms with Gasteiger partial charge in [0.2, 0.25) is 0 Å². The Bertz CT molecular complexity index is 459. The molecule has 0 heterocycles. The highest BCUT2D eigenvalue weighted by atomic mass is 16.4. The molecule has 2 unspecified atom stereocenters. The number of carboxylic acid groups (broad SMARTS) is 1. The Hall–Kier alpha value is -1.31. The third-order valence-electron chi connectivity index (χ3n) is 4.62. The van der Waals surface area contributed by atoms with Gasteiger partial charge in [-0.1, -0.05) is 51.5 Å². The lowest BCUT2D eigenvalue weighted by Gasteiger charge is -2.35. The van der Waals surface area contributed by atoms with E-state index in [0.717, 1.165) is 5.56 Å². The molecule has 110 valence electrons. The maximum atomic E-state index is 10.9. The first kappa shape index (κ1) is 15.1. The van der Waals surface area contributed by atoms with E-state index in [1.807, 2.05) is 0 Å². The smallest absolute Gasteiger partial charge is 0.306 e. The lowest BCUT2D eigenvalue weighted by atomic mass is 9.70. The zero-order valence-corrected chi connectivity index (χ0v) is 12.9. The molecule has 2 nitrogen and oxygen atoms in total. The summed E-state index contributed by atoms with van der Waals surface area (Å²) < 4.78 is 0. The topological polar surface area (TPSA) is 37.3 Å². The molecule has 20 heavy (non-hydrogen) atoms. The number of rotatable bonds is 4. The molecule has 1 saturated carbocycles. The van der Waals surface area contributed by atoms with E-state index in [4.69, 9.17) is 5.11 Å². The van der Waals surface area contributed by atoms with Crippen LogP contribution in [0.25, 0.3) is 0 Å². The van der Waals surface area contributed by atoms with Crippen LogP contribution in [0.3, 0.4) is 0 Å². The van der Waals surface area contributed by atoms with Crippen LogP contribution in [0.1, 0.15) is 63.5 Å². The van der Waals surface area contributed by atoms with Crippen molar-refractivity contribution in [1.82, 2.24) is 0 Å². The fourth-order valence-corrected chi connectivity index (χ4v) is 3.35. The minimum atomic E-state index is -0.719. The molecule has 0 radical (unpaired) electrons. The van der Waals surface area contributed by atoms with E-state index < -0.39 is 5.97 Å². The SMILES string of the molecule is CC(Cc1ccc(C2CCCC(C)(C)C2)cc1)C(=O)O. The van der Waals surface area contributed by atoms with E-state index in [1.54, 1.807) is 6.92 Å². The predicted molar refractivity (Wildman–Crippen MR) is 81.9 cm³/mol. The van der Waals surface area contributed by atoms with Gasteiger partial charge in [-0.25, -0.2) is 0 Å². The number of carboxylic acids is 1. The van der Waals surface area contributed by atoms with E-state index in [-0.39, 0.29) is 5.92 Å². The first-order valence-electron chi connectivity index (χ1n) is 7.69. The van der Waals surface area contributed by atoms with Crippen molar-refractivity contribution in [3.05, 3.63) is 35.4 Å². The average molecular weight is 274 g/mol. The lowest BCUT2D eigenvalue weighted by Crippen LogP contribution is -2.21. The van der Waals surface area contributed by atoms with Gasteiger partial charge in [-0.15, -0.1) is 0 Å². The van der Waals surface area contributed by atoms with Crippen LogP contribution in [0.15, 0.2) is 24.3 Å². The molecule has 0 bridgehead atoms. The van der Waals surface area contributed by atoms with Gasteiger partial charge in [0.1, 0.15) is 0 Å². The molecule has 0 spiro atoms. The molecule has 0 amide bonds. The third kappa shape index (κ3) is 3.84. The minimum absolute atomic E-state index is 0.311. The molecule has 1 aliphatic carbocycles. The van der Waals surface area contributed by atoms with E-state index in [9.17, 15) is 4.79 Å². The standard InChI is InChI=1S/C18H26O2/c1-13(17(19)20)11-14-6-8-15(9-7-14)16-5-4-10-18(2,3)12-16/h6-9,13,16H,4-5,10-12H2,1-3H3,(H,19,20). The van der Waals surface area contributed by atoms with Crippen LogP contribution >= 0.6 is 0 Å². The van der Waals surface area contributed by atoms with Crippen molar-refractivity contribution < 1.29 is 9.90 Å². The monoisotopic (exact) mass is 274 g/mol. The fourth-order valence-electron chi connectivity index (χ4n) is 3.35. The number of hydrogen-bond acceptors (Lipinski definition) is 1. The van der Waals surface area contributed by atoms with Gasteiger partial charge in [0.25, 0.3) is 0 Å². The second-order valence-corrected chi connectivity index (χ2v) is 7.14. The summed E-state index contributed by atoms with van der Waals surface area (Å²) in [6.07, 6.45) is 5.81. The van der Waals surface area contributed by atoms with Crippen LogP contribution < -0.4 is 0 Å². The summed E-state index contributed by atoms with van der Waals surface area (Å²) >= 11 is 0. The Morgan fingerprint density at radius 3 is 2.55 bits per heavy atom. The predicted octanol–water partition coefficient (Wildman–Crippen LogP) is 4.63. The van der Waals surface area contributed by atoms with Gasteiger partial charge in [-0.05, 0) is 48.1 Å². The van der Waals surface area contributed by atoms with Crippen molar-refractivity contribution in [1.29, 1.82) is 0 Å². The zero-order chi connectivity index (χ0) is 14.8. The second-order valence-electron chi connectivity index (χ2n) is 7.14. The minimum Gasteiger partial charge on any atom is -0.481 e. The fraction of sp³-hybridized carbons (Fsp3) is 0.611. The van der Waals surface area contributed by atoms with Crippen molar-refractivity contribution >= 4 is 5.97 Å². The molecule has 0 aromatic heterocycles. The molecule has 0 saturated heterocycles. The van der Waals surface area contributed by atoms with Gasteiger partial charge in [-0.2, -0.15) is 0 Å². The molecule has 1 aliphatic rings. The molecule has 1 N–H and O–H groups in total. The van der Waals surface area contributed by atoms with Crippen molar-refractivity contribution in [2.24, 2.45) is 11.3 Å². The van der Waals surface area contributed by atoms with Gasteiger partial charge in [0.15, 0.2) is 0 Å². The Labute approximate surface area is 122 Å². The normalized spacial score (nSPS) is 23.2. The number of carbonyl (C=O) groups is 1. The summed E-state index contributed by atoms with van der Waals surface area (Å²) in [4.78, 5) is 10.9. The summed E-state index contributed by atoms with van der Waals surface area (Å²) in [5.41, 5.74) is 3.00. The van der Waals surface area contributed by atoms with Crippen molar-refractivity contribution in [3.8, 4) is 0 Å². The van der Waals surface area contributed by atoms with E-state index in [2.05, 4.69) is 38.1 Å². The van der Waals surface area contributed by atoms with E-state index >= 15 is 0 Å². The van der Waals surface area contributed by atoms with Gasteiger partial charge >= 0.3 is 5.97 Å². The van der Waals surface area contributed by atoms with Gasteiger partial charge in [0.05, 0.1) is 5.92 Å². The molecule has 0 aliphatic heterocycles. The van der Waals surface area contributed by atoms with E-state index in [0.29, 0.717) is 17.8 Å². The number of hydrogen-bond donors (Lipinski definition) is 1. The maximum absolute atomic E-state index is 10.9. The Balaban J connectivity index is 2.03. The molecule has 2 atom stereocenters. The van der Waals surface area contributed by atoms with Crippen LogP contribution in [0.5, 0.6) is 0 Å². The highest BCUT2D eigenvalue weighted by Gasteiger charge is 2.28.